The van der Waals surface area contributed by atoms with Crippen LogP contribution in [0.3, 0.4) is 0 Å². The second-order valence-corrected chi connectivity index (χ2v) is 7.17. The molecule has 1 aromatic carbocycles. The zero-order valence-corrected chi connectivity index (χ0v) is 13.9. The first-order valence-electron chi connectivity index (χ1n) is 7.16. The number of nitrogens with one attached hydrogen (secondary N) is 1. The zero-order chi connectivity index (χ0) is 16.0. The van der Waals surface area contributed by atoms with Crippen LogP contribution in [0.4, 0.5) is 5.69 Å². The topological polar surface area (TPSA) is 66.5 Å². The first-order valence-corrected chi connectivity index (χ1v) is 8.81. The molecule has 0 aliphatic rings. The van der Waals surface area contributed by atoms with E-state index in [0.717, 1.165) is 5.69 Å². The van der Waals surface area contributed by atoms with E-state index in [1.807, 2.05) is 13.8 Å². The van der Waals surface area contributed by atoms with Crippen molar-refractivity contribution < 1.29 is 13.2 Å². The Morgan fingerprint density at radius 2 is 1.81 bits per heavy atom. The predicted octanol–water partition coefficient (Wildman–Crippen LogP) is 2.15. The Bertz CT molecular complexity index is 567. The summed E-state index contributed by atoms with van der Waals surface area (Å²) < 4.78 is 23.8. The Morgan fingerprint density at radius 1 is 1.24 bits per heavy atom. The van der Waals surface area contributed by atoms with Gasteiger partial charge in [-0.15, -0.1) is 0 Å². The highest BCUT2D eigenvalue weighted by molar-refractivity contribution is 7.91. The van der Waals surface area contributed by atoms with Gasteiger partial charge >= 0.3 is 0 Å². The van der Waals surface area contributed by atoms with Gasteiger partial charge in [0.15, 0.2) is 9.84 Å². The molecule has 0 aliphatic heterocycles. The van der Waals surface area contributed by atoms with Gasteiger partial charge < -0.3 is 10.2 Å². The Labute approximate surface area is 127 Å². The number of nitrogens with zero attached hydrogens (tertiary/aromatic N) is 1. The lowest BCUT2D eigenvalue weighted by atomic mass is 10.2. The van der Waals surface area contributed by atoms with Gasteiger partial charge in [-0.05, 0) is 44.5 Å². The third-order valence-corrected chi connectivity index (χ3v) is 5.23. The molecular weight excluding hydrogens is 288 g/mol. The average Bonchev–Trinajstić information content (AvgIpc) is 2.46. The molecule has 1 rings (SSSR count). The highest BCUT2D eigenvalue weighted by Gasteiger charge is 2.17. The van der Waals surface area contributed by atoms with Gasteiger partial charge in [0.2, 0.25) is 5.91 Å². The SMILES string of the molecule is CCCS(=O)(=O)c1ccc(NC(C)C(=O)N(C)CC)cc1. The van der Waals surface area contributed by atoms with Crippen molar-refractivity contribution in [3.63, 3.8) is 0 Å². The number of likely N-dealkylation sites (N-methyl/N-ethyl adjacent to an activating group) is 1. The minimum atomic E-state index is -3.19. The van der Waals surface area contributed by atoms with E-state index in [0.29, 0.717) is 17.9 Å². The number of hydrogen-bond donors (Lipinski definition) is 1. The normalized spacial score (nSPS) is 12.8. The summed E-state index contributed by atoms with van der Waals surface area (Å²) >= 11 is 0. The molecule has 118 valence electrons. The van der Waals surface area contributed by atoms with Crippen LogP contribution in [-0.2, 0) is 14.6 Å². The summed E-state index contributed by atoms with van der Waals surface area (Å²) in [5.74, 6) is 0.149. The van der Waals surface area contributed by atoms with Gasteiger partial charge in [-0.3, -0.25) is 4.79 Å². The lowest BCUT2D eigenvalue weighted by Crippen LogP contribution is -2.38. The fourth-order valence-corrected chi connectivity index (χ4v) is 3.27. The Kier molecular flexibility index (Phi) is 6.20. The molecule has 0 radical (unpaired) electrons. The molecule has 5 nitrogen and oxygen atoms in total. The zero-order valence-electron chi connectivity index (χ0n) is 13.1. The molecule has 0 fully saturated rings. The van der Waals surface area contributed by atoms with E-state index in [-0.39, 0.29) is 17.7 Å². The molecule has 6 heteroatoms. The number of rotatable bonds is 7. The van der Waals surface area contributed by atoms with Crippen molar-refractivity contribution in [2.75, 3.05) is 24.7 Å². The maximum Gasteiger partial charge on any atom is 0.244 e. The summed E-state index contributed by atoms with van der Waals surface area (Å²) in [5.41, 5.74) is 0.732. The van der Waals surface area contributed by atoms with Gasteiger partial charge in [-0.2, -0.15) is 0 Å². The number of hydrogen-bond acceptors (Lipinski definition) is 4. The standard InChI is InChI=1S/C15H24N2O3S/c1-5-11-21(19,20)14-9-7-13(8-10-14)16-12(3)15(18)17(4)6-2/h7-10,12,16H,5-6,11H2,1-4H3. The van der Waals surface area contributed by atoms with Crippen molar-refractivity contribution in [2.45, 2.75) is 38.1 Å². The number of sulfone groups is 1. The van der Waals surface area contributed by atoms with Gasteiger partial charge in [-0.1, -0.05) is 6.92 Å². The van der Waals surface area contributed by atoms with Crippen molar-refractivity contribution in [3.8, 4) is 0 Å². The second kappa shape index (κ2) is 7.45. The van der Waals surface area contributed by atoms with Crippen LogP contribution < -0.4 is 5.32 Å². The van der Waals surface area contributed by atoms with Crippen LogP contribution in [0.15, 0.2) is 29.2 Å². The summed E-state index contributed by atoms with van der Waals surface area (Å²) in [6.07, 6.45) is 0.594. The van der Waals surface area contributed by atoms with Gasteiger partial charge in [0.25, 0.3) is 0 Å². The average molecular weight is 312 g/mol. The molecule has 21 heavy (non-hydrogen) atoms. The van der Waals surface area contributed by atoms with Crippen molar-refractivity contribution in [2.24, 2.45) is 0 Å². The van der Waals surface area contributed by atoms with Crippen molar-refractivity contribution in [3.05, 3.63) is 24.3 Å². The Hall–Kier alpha value is -1.56. The van der Waals surface area contributed by atoms with Crippen LogP contribution in [0.1, 0.15) is 27.2 Å². The van der Waals surface area contributed by atoms with Crippen LogP contribution in [0.2, 0.25) is 0 Å². The van der Waals surface area contributed by atoms with Crippen LogP contribution in [0, 0.1) is 0 Å². The smallest absolute Gasteiger partial charge is 0.244 e. The minimum absolute atomic E-state index is 0.000168. The fraction of sp³-hybridized carbons (Fsp3) is 0.533. The molecule has 0 aliphatic carbocycles. The van der Waals surface area contributed by atoms with Gasteiger partial charge in [0.05, 0.1) is 10.6 Å². The van der Waals surface area contributed by atoms with E-state index in [1.165, 1.54) is 0 Å². The number of benzene rings is 1. The molecule has 1 N–H and O–H groups in total. The molecule has 1 unspecified atom stereocenters. The Morgan fingerprint density at radius 3 is 2.29 bits per heavy atom. The molecule has 0 saturated carbocycles. The van der Waals surface area contributed by atoms with E-state index in [4.69, 9.17) is 0 Å². The number of anilines is 1. The first kappa shape index (κ1) is 17.5. The monoisotopic (exact) mass is 312 g/mol. The quantitative estimate of drug-likeness (QED) is 0.838. The number of amides is 1. The molecule has 0 saturated heterocycles. The van der Waals surface area contributed by atoms with Crippen LogP contribution >= 0.6 is 0 Å². The van der Waals surface area contributed by atoms with Crippen LogP contribution in [-0.4, -0.2) is 44.6 Å². The molecular formula is C15H24N2O3S. The molecule has 0 heterocycles. The Balaban J connectivity index is 2.78. The molecule has 0 aromatic heterocycles. The van der Waals surface area contributed by atoms with E-state index in [9.17, 15) is 13.2 Å². The summed E-state index contributed by atoms with van der Waals surface area (Å²) in [4.78, 5) is 13.9. The van der Waals surface area contributed by atoms with Crippen LogP contribution in [0.5, 0.6) is 0 Å². The van der Waals surface area contributed by atoms with Gasteiger partial charge in [0.1, 0.15) is 6.04 Å². The van der Waals surface area contributed by atoms with E-state index >= 15 is 0 Å². The maximum atomic E-state index is 12.0. The van der Waals surface area contributed by atoms with Crippen molar-refractivity contribution in [1.29, 1.82) is 0 Å². The molecule has 0 bridgehead atoms. The van der Waals surface area contributed by atoms with Crippen molar-refractivity contribution >= 4 is 21.4 Å². The third kappa shape index (κ3) is 4.74. The highest BCUT2D eigenvalue weighted by atomic mass is 32.2. The third-order valence-electron chi connectivity index (χ3n) is 3.29. The largest absolute Gasteiger partial charge is 0.374 e. The molecule has 0 spiro atoms. The van der Waals surface area contributed by atoms with E-state index < -0.39 is 9.84 Å². The van der Waals surface area contributed by atoms with E-state index in [2.05, 4.69) is 5.32 Å². The number of carbonyl (C=O) groups excluding carboxylic acids is 1. The number of carbonyl (C=O) groups is 1. The minimum Gasteiger partial charge on any atom is -0.374 e. The highest BCUT2D eigenvalue weighted by Crippen LogP contribution is 2.17. The second-order valence-electron chi connectivity index (χ2n) is 5.06. The first-order chi connectivity index (χ1) is 9.81. The fourth-order valence-electron chi connectivity index (χ4n) is 1.94. The molecule has 1 amide bonds. The predicted molar refractivity (Wildman–Crippen MR) is 85.2 cm³/mol. The molecule has 1 atom stereocenters. The summed E-state index contributed by atoms with van der Waals surface area (Å²) in [6, 6.07) is 6.19. The van der Waals surface area contributed by atoms with Gasteiger partial charge in [0, 0.05) is 19.3 Å². The maximum absolute atomic E-state index is 12.0. The lowest BCUT2D eigenvalue weighted by Gasteiger charge is -2.21. The van der Waals surface area contributed by atoms with Crippen molar-refractivity contribution in [1.82, 2.24) is 4.90 Å². The summed E-state index contributed by atoms with van der Waals surface area (Å²) in [7, 11) is -1.44. The summed E-state index contributed by atoms with van der Waals surface area (Å²) in [5, 5.41) is 3.08. The van der Waals surface area contributed by atoms with Crippen LogP contribution in [0.25, 0.3) is 0 Å². The van der Waals surface area contributed by atoms with Gasteiger partial charge in [-0.25, -0.2) is 8.42 Å². The lowest BCUT2D eigenvalue weighted by molar-refractivity contribution is -0.130. The van der Waals surface area contributed by atoms with E-state index in [1.54, 1.807) is 43.1 Å². The molecule has 1 aromatic rings. The summed E-state index contributed by atoms with van der Waals surface area (Å²) in [6.45, 7) is 6.19.